The number of pyridine rings is 1. The summed E-state index contributed by atoms with van der Waals surface area (Å²) in [7, 11) is 0. The van der Waals surface area contributed by atoms with Crippen molar-refractivity contribution in [2.24, 2.45) is 0 Å². The van der Waals surface area contributed by atoms with Gasteiger partial charge in [0.05, 0.1) is 0 Å². The van der Waals surface area contributed by atoms with E-state index in [4.69, 9.17) is 9.84 Å². The standard InChI is InChI=1S/C19H15NO4/c21-18-17(19(22)23)10-15(11-20-18)14-7-4-8-16(9-14)24-12-13-5-2-1-3-6-13/h1-11H,12H2,(H,20,21)(H,22,23). The molecule has 5 nitrogen and oxygen atoms in total. The van der Waals surface area contributed by atoms with Gasteiger partial charge in [0.1, 0.15) is 17.9 Å². The molecule has 3 aromatic rings. The molecule has 0 atom stereocenters. The number of hydrogen-bond donors (Lipinski definition) is 2. The highest BCUT2D eigenvalue weighted by Crippen LogP contribution is 2.24. The molecule has 0 aliphatic carbocycles. The summed E-state index contributed by atoms with van der Waals surface area (Å²) in [6.07, 6.45) is 1.49. The molecule has 0 aliphatic rings. The zero-order valence-electron chi connectivity index (χ0n) is 12.7. The third-order valence-electron chi connectivity index (χ3n) is 3.55. The first-order valence-electron chi connectivity index (χ1n) is 7.36. The van der Waals surface area contributed by atoms with Crippen LogP contribution in [0.4, 0.5) is 0 Å². The van der Waals surface area contributed by atoms with Crippen molar-refractivity contribution in [1.29, 1.82) is 0 Å². The van der Waals surface area contributed by atoms with Crippen LogP contribution in [0, 0.1) is 0 Å². The second kappa shape index (κ2) is 6.83. The number of aromatic carboxylic acids is 1. The number of aromatic nitrogens is 1. The minimum absolute atomic E-state index is 0.289. The Balaban J connectivity index is 1.84. The molecule has 5 heteroatoms. The first-order chi connectivity index (χ1) is 11.6. The second-order valence-corrected chi connectivity index (χ2v) is 5.24. The molecule has 0 unspecified atom stereocenters. The normalized spacial score (nSPS) is 10.3. The van der Waals surface area contributed by atoms with E-state index in [0.717, 1.165) is 11.1 Å². The lowest BCUT2D eigenvalue weighted by Crippen LogP contribution is -2.16. The van der Waals surface area contributed by atoms with Crippen LogP contribution < -0.4 is 10.3 Å². The van der Waals surface area contributed by atoms with Crippen LogP contribution in [0.5, 0.6) is 5.75 Å². The summed E-state index contributed by atoms with van der Waals surface area (Å²) in [6.45, 7) is 0.441. The SMILES string of the molecule is O=C(O)c1cc(-c2cccc(OCc3ccccc3)c2)c[nH]c1=O. The van der Waals surface area contributed by atoms with Crippen LogP contribution in [-0.2, 0) is 6.61 Å². The summed E-state index contributed by atoms with van der Waals surface area (Å²) in [5, 5.41) is 9.06. The fourth-order valence-electron chi connectivity index (χ4n) is 2.32. The predicted molar refractivity (Wildman–Crippen MR) is 90.2 cm³/mol. The van der Waals surface area contributed by atoms with E-state index in [1.165, 1.54) is 12.3 Å². The third-order valence-corrected chi connectivity index (χ3v) is 3.55. The molecule has 3 rings (SSSR count). The number of carboxylic acid groups (broad SMARTS) is 1. The highest BCUT2D eigenvalue weighted by atomic mass is 16.5. The molecule has 24 heavy (non-hydrogen) atoms. The van der Waals surface area contributed by atoms with Gasteiger partial charge in [0.15, 0.2) is 0 Å². The number of benzene rings is 2. The molecule has 2 aromatic carbocycles. The lowest BCUT2D eigenvalue weighted by molar-refractivity contribution is 0.0695. The molecule has 0 amide bonds. The molecule has 0 bridgehead atoms. The van der Waals surface area contributed by atoms with Gasteiger partial charge in [0.2, 0.25) is 0 Å². The summed E-state index contributed by atoms with van der Waals surface area (Å²) in [4.78, 5) is 25.0. The maximum absolute atomic E-state index is 11.5. The minimum atomic E-state index is -1.26. The van der Waals surface area contributed by atoms with Crippen LogP contribution in [0.25, 0.3) is 11.1 Å². The number of rotatable bonds is 5. The van der Waals surface area contributed by atoms with Crippen LogP contribution in [0.3, 0.4) is 0 Å². The zero-order chi connectivity index (χ0) is 16.9. The molecule has 1 heterocycles. The largest absolute Gasteiger partial charge is 0.489 e. The maximum atomic E-state index is 11.5. The Bertz CT molecular complexity index is 916. The van der Waals surface area contributed by atoms with Crippen molar-refractivity contribution in [1.82, 2.24) is 4.98 Å². The van der Waals surface area contributed by atoms with E-state index >= 15 is 0 Å². The average Bonchev–Trinajstić information content (AvgIpc) is 2.61. The molecular formula is C19H15NO4. The molecule has 2 N–H and O–H groups in total. The van der Waals surface area contributed by atoms with Crippen LogP contribution in [0.1, 0.15) is 15.9 Å². The van der Waals surface area contributed by atoms with Crippen molar-refractivity contribution >= 4 is 5.97 Å². The van der Waals surface area contributed by atoms with Gasteiger partial charge < -0.3 is 14.8 Å². The number of carbonyl (C=O) groups is 1. The van der Waals surface area contributed by atoms with Crippen LogP contribution in [0.2, 0.25) is 0 Å². The number of hydrogen-bond acceptors (Lipinski definition) is 3. The van der Waals surface area contributed by atoms with Gasteiger partial charge >= 0.3 is 5.97 Å². The number of H-pyrrole nitrogens is 1. The van der Waals surface area contributed by atoms with Gasteiger partial charge in [-0.3, -0.25) is 4.79 Å². The summed E-state index contributed by atoms with van der Waals surface area (Å²) in [6, 6.07) is 18.4. The fourth-order valence-corrected chi connectivity index (χ4v) is 2.32. The van der Waals surface area contributed by atoms with E-state index in [1.54, 1.807) is 0 Å². The van der Waals surface area contributed by atoms with Gasteiger partial charge in [0, 0.05) is 6.20 Å². The van der Waals surface area contributed by atoms with Gasteiger partial charge in [-0.25, -0.2) is 4.79 Å². The molecule has 0 radical (unpaired) electrons. The molecule has 0 aliphatic heterocycles. The molecule has 0 spiro atoms. The fraction of sp³-hybridized carbons (Fsp3) is 0.0526. The predicted octanol–water partition coefficient (Wildman–Crippen LogP) is 3.32. The van der Waals surface area contributed by atoms with Gasteiger partial charge in [-0.15, -0.1) is 0 Å². The Morgan fingerprint density at radius 1 is 1.00 bits per heavy atom. The molecule has 120 valence electrons. The van der Waals surface area contributed by atoms with Crippen LogP contribution in [-0.4, -0.2) is 16.1 Å². The van der Waals surface area contributed by atoms with Crippen molar-refractivity contribution in [3.05, 3.63) is 88.3 Å². The summed E-state index contributed by atoms with van der Waals surface area (Å²) in [5.74, 6) is -0.589. The van der Waals surface area contributed by atoms with Crippen LogP contribution >= 0.6 is 0 Å². The Morgan fingerprint density at radius 3 is 2.54 bits per heavy atom. The quantitative estimate of drug-likeness (QED) is 0.755. The van der Waals surface area contributed by atoms with E-state index in [-0.39, 0.29) is 5.56 Å². The van der Waals surface area contributed by atoms with E-state index in [0.29, 0.717) is 17.9 Å². The van der Waals surface area contributed by atoms with E-state index < -0.39 is 11.5 Å². The van der Waals surface area contributed by atoms with Crippen molar-refractivity contribution in [2.45, 2.75) is 6.61 Å². The number of ether oxygens (including phenoxy) is 1. The average molecular weight is 321 g/mol. The van der Waals surface area contributed by atoms with Gasteiger partial charge in [-0.2, -0.15) is 0 Å². The highest BCUT2D eigenvalue weighted by Gasteiger charge is 2.10. The van der Waals surface area contributed by atoms with Crippen molar-refractivity contribution in [3.63, 3.8) is 0 Å². The molecular weight excluding hydrogens is 306 g/mol. The lowest BCUT2D eigenvalue weighted by atomic mass is 10.1. The summed E-state index contributed by atoms with van der Waals surface area (Å²) >= 11 is 0. The Labute approximate surface area is 138 Å². The van der Waals surface area contributed by atoms with Crippen LogP contribution in [0.15, 0.2) is 71.7 Å². The first kappa shape index (κ1) is 15.6. The Morgan fingerprint density at radius 2 is 1.79 bits per heavy atom. The maximum Gasteiger partial charge on any atom is 0.341 e. The molecule has 0 fully saturated rings. The monoisotopic (exact) mass is 321 g/mol. The van der Waals surface area contributed by atoms with Gasteiger partial charge in [0.25, 0.3) is 5.56 Å². The number of carboxylic acids is 1. The molecule has 0 saturated heterocycles. The smallest absolute Gasteiger partial charge is 0.341 e. The highest BCUT2D eigenvalue weighted by molar-refractivity contribution is 5.88. The number of nitrogens with one attached hydrogen (secondary N) is 1. The van der Waals surface area contributed by atoms with Gasteiger partial charge in [-0.1, -0.05) is 42.5 Å². The Hall–Kier alpha value is -3.34. The summed E-state index contributed by atoms with van der Waals surface area (Å²) in [5.41, 5.74) is 1.52. The molecule has 1 aromatic heterocycles. The second-order valence-electron chi connectivity index (χ2n) is 5.24. The van der Waals surface area contributed by atoms with E-state index in [1.807, 2.05) is 54.6 Å². The topological polar surface area (TPSA) is 79.4 Å². The first-order valence-corrected chi connectivity index (χ1v) is 7.36. The van der Waals surface area contributed by atoms with E-state index in [2.05, 4.69) is 4.98 Å². The number of aromatic amines is 1. The van der Waals surface area contributed by atoms with Crippen molar-refractivity contribution < 1.29 is 14.6 Å². The zero-order valence-corrected chi connectivity index (χ0v) is 12.7. The van der Waals surface area contributed by atoms with Gasteiger partial charge in [-0.05, 0) is 34.9 Å². The van der Waals surface area contributed by atoms with Crippen molar-refractivity contribution in [3.8, 4) is 16.9 Å². The Kier molecular flexibility index (Phi) is 4.43. The van der Waals surface area contributed by atoms with Crippen molar-refractivity contribution in [2.75, 3.05) is 0 Å². The molecule has 0 saturated carbocycles. The third kappa shape index (κ3) is 3.52. The lowest BCUT2D eigenvalue weighted by Gasteiger charge is -2.09. The minimum Gasteiger partial charge on any atom is -0.489 e. The van der Waals surface area contributed by atoms with E-state index in [9.17, 15) is 9.59 Å². The summed E-state index contributed by atoms with van der Waals surface area (Å²) < 4.78 is 5.77.